The van der Waals surface area contributed by atoms with Gasteiger partial charge in [-0.2, -0.15) is 0 Å². The molecule has 0 atom stereocenters. The molecule has 1 heterocycles. The number of hydrogen-bond donors (Lipinski definition) is 1. The van der Waals surface area contributed by atoms with Crippen LogP contribution < -0.4 is 5.32 Å². The van der Waals surface area contributed by atoms with Crippen molar-refractivity contribution in [3.63, 3.8) is 0 Å². The van der Waals surface area contributed by atoms with Crippen LogP contribution in [0.5, 0.6) is 0 Å². The van der Waals surface area contributed by atoms with Crippen molar-refractivity contribution in [3.05, 3.63) is 12.2 Å². The molecule has 0 amide bonds. The van der Waals surface area contributed by atoms with Gasteiger partial charge in [0.2, 0.25) is 0 Å². The minimum absolute atomic E-state index is 0. The van der Waals surface area contributed by atoms with Gasteiger partial charge >= 0.3 is 0 Å². The van der Waals surface area contributed by atoms with E-state index in [-0.39, 0.29) is 24.8 Å². The third-order valence-corrected chi connectivity index (χ3v) is 0.917. The van der Waals surface area contributed by atoms with Crippen LogP contribution in [0.2, 0.25) is 0 Å². The molecule has 0 aromatic rings. The second-order valence-electron chi connectivity index (χ2n) is 1.46. The molecule has 0 unspecified atom stereocenters. The van der Waals surface area contributed by atoms with Crippen LogP contribution in [-0.2, 0) is 0 Å². The Hall–Kier alpha value is 0.280. The Balaban J connectivity index is 0. The van der Waals surface area contributed by atoms with E-state index in [4.69, 9.17) is 0 Å². The maximum atomic E-state index is 3.20. The molecule has 0 aromatic heterocycles. The van der Waals surface area contributed by atoms with Crippen LogP contribution in [0.15, 0.2) is 12.2 Å². The summed E-state index contributed by atoms with van der Waals surface area (Å²) in [7, 11) is 0. The number of nitrogens with one attached hydrogen (secondary N) is 1. The minimum atomic E-state index is 0. The fourth-order valence-electron chi connectivity index (χ4n) is 0.572. The molecular weight excluding hydrogens is 145 g/mol. The van der Waals surface area contributed by atoms with Crippen molar-refractivity contribution in [2.24, 2.45) is 0 Å². The zero-order chi connectivity index (χ0) is 4.24. The average molecular weight is 156 g/mol. The molecule has 0 aliphatic carbocycles. The molecule has 0 radical (unpaired) electrons. The van der Waals surface area contributed by atoms with Crippen molar-refractivity contribution in [2.45, 2.75) is 6.42 Å². The zero-order valence-corrected chi connectivity index (χ0v) is 6.23. The minimum Gasteiger partial charge on any atom is -0.313 e. The van der Waals surface area contributed by atoms with Crippen LogP contribution in [0.1, 0.15) is 6.42 Å². The third-order valence-electron chi connectivity index (χ3n) is 0.917. The summed E-state index contributed by atoms with van der Waals surface area (Å²) in [4.78, 5) is 0. The summed E-state index contributed by atoms with van der Waals surface area (Å²) in [5.74, 6) is 0. The van der Waals surface area contributed by atoms with Gasteiger partial charge in [0.05, 0.1) is 0 Å². The van der Waals surface area contributed by atoms with Crippen LogP contribution in [0, 0.1) is 0 Å². The standard InChI is InChI=1S/C5H9N.2ClH/c1-2-4-6-5-3-1;;/h1-2,6H,3-5H2;2*1H. The molecule has 0 fully saturated rings. The van der Waals surface area contributed by atoms with Gasteiger partial charge in [0.25, 0.3) is 0 Å². The fraction of sp³-hybridized carbons (Fsp3) is 0.600. The lowest BCUT2D eigenvalue weighted by atomic mass is 10.3. The molecule has 0 spiro atoms. The zero-order valence-electron chi connectivity index (χ0n) is 4.59. The molecular formula is C5H11Cl2N. The van der Waals surface area contributed by atoms with Gasteiger partial charge < -0.3 is 5.32 Å². The van der Waals surface area contributed by atoms with E-state index >= 15 is 0 Å². The van der Waals surface area contributed by atoms with Crippen molar-refractivity contribution in [1.29, 1.82) is 0 Å². The van der Waals surface area contributed by atoms with Gasteiger partial charge in [-0.15, -0.1) is 24.8 Å². The highest BCUT2D eigenvalue weighted by Gasteiger charge is 1.84. The SMILES string of the molecule is C1=CCNCC1.Cl.Cl. The Bertz CT molecular complexity index is 55.4. The predicted molar refractivity (Wildman–Crippen MR) is 41.1 cm³/mol. The summed E-state index contributed by atoms with van der Waals surface area (Å²) in [6, 6.07) is 0. The van der Waals surface area contributed by atoms with E-state index in [1.54, 1.807) is 0 Å². The highest BCUT2D eigenvalue weighted by Crippen LogP contribution is 1.84. The average Bonchev–Trinajstić information content (AvgIpc) is 1.72. The Kier molecular flexibility index (Phi) is 10.1. The lowest BCUT2D eigenvalue weighted by Crippen LogP contribution is -2.17. The van der Waals surface area contributed by atoms with E-state index < -0.39 is 0 Å². The molecule has 1 rings (SSSR count). The monoisotopic (exact) mass is 155 g/mol. The van der Waals surface area contributed by atoms with Crippen LogP contribution in [-0.4, -0.2) is 13.1 Å². The molecule has 8 heavy (non-hydrogen) atoms. The Morgan fingerprint density at radius 2 is 1.88 bits per heavy atom. The van der Waals surface area contributed by atoms with E-state index in [9.17, 15) is 0 Å². The molecule has 0 aromatic carbocycles. The molecule has 50 valence electrons. The highest BCUT2D eigenvalue weighted by atomic mass is 35.5. The quantitative estimate of drug-likeness (QED) is 0.522. The van der Waals surface area contributed by atoms with Crippen molar-refractivity contribution in [3.8, 4) is 0 Å². The van der Waals surface area contributed by atoms with Gasteiger partial charge in [-0.05, 0) is 13.0 Å². The van der Waals surface area contributed by atoms with E-state index in [2.05, 4.69) is 17.5 Å². The van der Waals surface area contributed by atoms with E-state index in [0.717, 1.165) is 13.1 Å². The second-order valence-corrected chi connectivity index (χ2v) is 1.46. The van der Waals surface area contributed by atoms with Gasteiger partial charge in [-0.25, -0.2) is 0 Å². The fourth-order valence-corrected chi connectivity index (χ4v) is 0.572. The van der Waals surface area contributed by atoms with Crippen LogP contribution in [0.4, 0.5) is 0 Å². The summed E-state index contributed by atoms with van der Waals surface area (Å²) < 4.78 is 0. The summed E-state index contributed by atoms with van der Waals surface area (Å²) in [5.41, 5.74) is 0. The second kappa shape index (κ2) is 7.28. The topological polar surface area (TPSA) is 12.0 Å². The van der Waals surface area contributed by atoms with Crippen LogP contribution in [0.3, 0.4) is 0 Å². The maximum Gasteiger partial charge on any atom is 0.0135 e. The van der Waals surface area contributed by atoms with Gasteiger partial charge in [0.1, 0.15) is 0 Å². The lowest BCUT2D eigenvalue weighted by Gasteiger charge is -2.01. The van der Waals surface area contributed by atoms with Gasteiger partial charge in [0, 0.05) is 6.54 Å². The summed E-state index contributed by atoms with van der Waals surface area (Å²) in [6.45, 7) is 2.23. The van der Waals surface area contributed by atoms with Crippen molar-refractivity contribution in [2.75, 3.05) is 13.1 Å². The molecule has 1 nitrogen and oxygen atoms in total. The predicted octanol–water partition coefficient (Wildman–Crippen LogP) is 1.38. The normalized spacial score (nSPS) is 16.0. The number of halogens is 2. The lowest BCUT2D eigenvalue weighted by molar-refractivity contribution is 0.728. The van der Waals surface area contributed by atoms with Gasteiger partial charge in [0.15, 0.2) is 0 Å². The van der Waals surface area contributed by atoms with Gasteiger partial charge in [-0.3, -0.25) is 0 Å². The van der Waals surface area contributed by atoms with Crippen molar-refractivity contribution >= 4 is 24.8 Å². The molecule has 0 bridgehead atoms. The Morgan fingerprint density at radius 3 is 2.00 bits per heavy atom. The Morgan fingerprint density at radius 1 is 1.12 bits per heavy atom. The molecule has 0 saturated carbocycles. The first kappa shape index (κ1) is 11.1. The largest absolute Gasteiger partial charge is 0.313 e. The molecule has 1 N–H and O–H groups in total. The molecule has 3 heteroatoms. The third kappa shape index (κ3) is 4.44. The smallest absolute Gasteiger partial charge is 0.0135 e. The summed E-state index contributed by atoms with van der Waals surface area (Å²) in [6.07, 6.45) is 5.57. The van der Waals surface area contributed by atoms with Gasteiger partial charge in [-0.1, -0.05) is 12.2 Å². The van der Waals surface area contributed by atoms with Crippen molar-refractivity contribution < 1.29 is 0 Å². The first-order valence-corrected chi connectivity index (χ1v) is 2.36. The summed E-state index contributed by atoms with van der Waals surface area (Å²) >= 11 is 0. The molecule has 1 aliphatic rings. The maximum absolute atomic E-state index is 3.20. The first-order valence-electron chi connectivity index (χ1n) is 2.36. The first-order chi connectivity index (χ1) is 3.00. The van der Waals surface area contributed by atoms with Crippen molar-refractivity contribution in [1.82, 2.24) is 5.32 Å². The highest BCUT2D eigenvalue weighted by molar-refractivity contribution is 5.85. The number of hydrogen-bond acceptors (Lipinski definition) is 1. The van der Waals surface area contributed by atoms with Crippen LogP contribution >= 0.6 is 24.8 Å². The van der Waals surface area contributed by atoms with E-state index in [1.807, 2.05) is 0 Å². The number of rotatable bonds is 0. The van der Waals surface area contributed by atoms with Crippen LogP contribution in [0.25, 0.3) is 0 Å². The summed E-state index contributed by atoms with van der Waals surface area (Å²) in [5, 5.41) is 3.20. The van der Waals surface area contributed by atoms with E-state index in [0.29, 0.717) is 0 Å². The molecule has 0 saturated heterocycles. The van der Waals surface area contributed by atoms with E-state index in [1.165, 1.54) is 6.42 Å². The molecule has 1 aliphatic heterocycles. The Labute approximate surface area is 62.4 Å².